The molecular weight excluding hydrogens is 410 g/mol. The van der Waals surface area contributed by atoms with Crippen LogP contribution in [0.25, 0.3) is 21.1 Å². The maximum absolute atomic E-state index is 12.4. The Morgan fingerprint density at radius 3 is 2.52 bits per heavy atom. The summed E-state index contributed by atoms with van der Waals surface area (Å²) in [5.74, 6) is -0.972. The minimum atomic E-state index is -0.565. The topological polar surface area (TPSA) is 81.2 Å². The Bertz CT molecular complexity index is 1240. The molecule has 0 fully saturated rings. The first-order chi connectivity index (χ1) is 14.0. The molecule has 1 amide bonds. The number of rotatable bonds is 5. The number of ether oxygens (including phenoxy) is 1. The molecule has 4 aromatic rings. The van der Waals surface area contributed by atoms with Crippen LogP contribution >= 0.6 is 22.9 Å². The van der Waals surface area contributed by atoms with Gasteiger partial charge in [-0.05, 0) is 25.1 Å². The number of thiophene rings is 1. The van der Waals surface area contributed by atoms with Gasteiger partial charge in [-0.3, -0.25) is 9.59 Å². The molecule has 146 valence electrons. The van der Waals surface area contributed by atoms with E-state index in [9.17, 15) is 9.59 Å². The molecule has 8 heteroatoms. The van der Waals surface area contributed by atoms with Crippen LogP contribution in [0, 0.1) is 6.92 Å². The lowest BCUT2D eigenvalue weighted by Crippen LogP contribution is -2.30. The van der Waals surface area contributed by atoms with Gasteiger partial charge in [-0.15, -0.1) is 11.3 Å². The van der Waals surface area contributed by atoms with Crippen molar-refractivity contribution in [2.45, 2.75) is 13.5 Å². The van der Waals surface area contributed by atoms with Gasteiger partial charge in [-0.2, -0.15) is 0 Å². The quantitative estimate of drug-likeness (QED) is 0.482. The molecule has 4 rings (SSSR count). The number of aryl methyl sites for hydroxylation is 1. The van der Waals surface area contributed by atoms with Crippen molar-refractivity contribution < 1.29 is 14.3 Å². The van der Waals surface area contributed by atoms with Crippen LogP contribution in [-0.4, -0.2) is 28.4 Å². The zero-order valence-electron chi connectivity index (χ0n) is 15.4. The number of fused-ring (bicyclic) bond motifs is 2. The Kier molecular flexibility index (Phi) is 5.42. The second-order valence-corrected chi connectivity index (χ2v) is 7.76. The molecule has 0 unspecified atom stereocenters. The van der Waals surface area contributed by atoms with Crippen molar-refractivity contribution in [3.63, 3.8) is 0 Å². The Hall–Kier alpha value is -3.03. The summed E-state index contributed by atoms with van der Waals surface area (Å²) in [5.41, 5.74) is 2.79. The van der Waals surface area contributed by atoms with E-state index >= 15 is 0 Å². The van der Waals surface area contributed by atoms with Gasteiger partial charge in [-0.1, -0.05) is 41.9 Å². The van der Waals surface area contributed by atoms with E-state index in [4.69, 9.17) is 16.3 Å². The zero-order chi connectivity index (χ0) is 20.4. The van der Waals surface area contributed by atoms with Crippen LogP contribution in [0.2, 0.25) is 5.02 Å². The van der Waals surface area contributed by atoms with Crippen LogP contribution < -0.4 is 5.32 Å². The number of benzene rings is 2. The fraction of sp³-hybridized carbons (Fsp3) is 0.143. The first-order valence-electron chi connectivity index (χ1n) is 8.86. The summed E-state index contributed by atoms with van der Waals surface area (Å²) in [7, 11) is 0. The predicted octanol–water partition coefficient (Wildman–Crippen LogP) is 4.28. The lowest BCUT2D eigenvalue weighted by molar-refractivity contribution is -0.143. The minimum absolute atomic E-state index is 0.0119. The molecular formula is C21H16ClN3O3S. The van der Waals surface area contributed by atoms with E-state index in [1.54, 1.807) is 0 Å². The van der Waals surface area contributed by atoms with Crippen LogP contribution in [0.5, 0.6) is 0 Å². The Morgan fingerprint density at radius 2 is 1.76 bits per heavy atom. The zero-order valence-corrected chi connectivity index (χ0v) is 17.0. The lowest BCUT2D eigenvalue weighted by Gasteiger charge is -2.08. The number of carbonyl (C=O) groups is 2. The van der Waals surface area contributed by atoms with Crippen LogP contribution in [0.15, 0.2) is 48.5 Å². The molecule has 0 aliphatic carbocycles. The predicted molar refractivity (Wildman–Crippen MR) is 113 cm³/mol. The van der Waals surface area contributed by atoms with Crippen molar-refractivity contribution >= 4 is 55.9 Å². The largest absolute Gasteiger partial charge is 0.458 e. The normalized spacial score (nSPS) is 11.0. The van der Waals surface area contributed by atoms with Crippen molar-refractivity contribution in [1.82, 2.24) is 15.3 Å². The maximum Gasteiger partial charge on any atom is 0.325 e. The van der Waals surface area contributed by atoms with Crippen LogP contribution in [-0.2, 0) is 16.1 Å². The smallest absolute Gasteiger partial charge is 0.325 e. The highest BCUT2D eigenvalue weighted by atomic mass is 35.5. The van der Waals surface area contributed by atoms with Crippen molar-refractivity contribution in [2.75, 3.05) is 6.54 Å². The summed E-state index contributed by atoms with van der Waals surface area (Å²) < 4.78 is 6.16. The summed E-state index contributed by atoms with van der Waals surface area (Å²) in [4.78, 5) is 33.8. The highest BCUT2D eigenvalue weighted by Gasteiger charge is 2.18. The first kappa shape index (κ1) is 19.3. The van der Waals surface area contributed by atoms with Gasteiger partial charge in [0, 0.05) is 10.1 Å². The second-order valence-electron chi connectivity index (χ2n) is 6.33. The van der Waals surface area contributed by atoms with E-state index < -0.39 is 11.9 Å². The molecule has 0 aliphatic rings. The average molecular weight is 426 g/mol. The Morgan fingerprint density at radius 1 is 1.07 bits per heavy atom. The van der Waals surface area contributed by atoms with Gasteiger partial charge in [0.05, 0.1) is 27.4 Å². The average Bonchev–Trinajstić information content (AvgIpc) is 3.07. The molecule has 0 radical (unpaired) electrons. The molecule has 0 aliphatic heterocycles. The van der Waals surface area contributed by atoms with Crippen LogP contribution in [0.3, 0.4) is 0 Å². The molecule has 2 aromatic carbocycles. The summed E-state index contributed by atoms with van der Waals surface area (Å²) in [6.45, 7) is 1.54. The molecule has 29 heavy (non-hydrogen) atoms. The van der Waals surface area contributed by atoms with E-state index in [0.29, 0.717) is 21.3 Å². The fourth-order valence-electron chi connectivity index (χ4n) is 2.85. The summed E-state index contributed by atoms with van der Waals surface area (Å²) in [6.07, 6.45) is 0. The van der Waals surface area contributed by atoms with E-state index in [0.717, 1.165) is 21.1 Å². The molecule has 0 saturated heterocycles. The number of halogens is 1. The maximum atomic E-state index is 12.4. The summed E-state index contributed by atoms with van der Waals surface area (Å²) in [6, 6.07) is 15.0. The molecule has 0 atom stereocenters. The highest BCUT2D eigenvalue weighted by molar-refractivity contribution is 7.21. The molecule has 2 heterocycles. The van der Waals surface area contributed by atoms with Gasteiger partial charge in [0.25, 0.3) is 5.91 Å². The van der Waals surface area contributed by atoms with Crippen LogP contribution in [0.1, 0.15) is 21.1 Å². The van der Waals surface area contributed by atoms with E-state index in [-0.39, 0.29) is 13.2 Å². The minimum Gasteiger partial charge on any atom is -0.458 e. The standard InChI is InChI=1S/C21H16ClN3O3S/c1-12-16(25-15-8-4-3-7-14(15)24-12)11-28-18(26)10-23-21(27)20-19(22)13-6-2-5-9-17(13)29-20/h2-9H,10-11H2,1H3,(H,23,27). The summed E-state index contributed by atoms with van der Waals surface area (Å²) >= 11 is 7.57. The van der Waals surface area contributed by atoms with Gasteiger partial charge < -0.3 is 10.1 Å². The van der Waals surface area contributed by atoms with E-state index in [1.165, 1.54) is 11.3 Å². The second kappa shape index (κ2) is 8.14. The van der Waals surface area contributed by atoms with E-state index in [2.05, 4.69) is 15.3 Å². The number of nitrogens with zero attached hydrogens (tertiary/aromatic N) is 2. The monoisotopic (exact) mass is 425 g/mol. The van der Waals surface area contributed by atoms with Crippen molar-refractivity contribution in [3.8, 4) is 0 Å². The molecule has 0 saturated carbocycles. The number of nitrogens with one attached hydrogen (secondary N) is 1. The first-order valence-corrected chi connectivity index (χ1v) is 10.1. The Labute approximate surface area is 175 Å². The van der Waals surface area contributed by atoms with Crippen LogP contribution in [0.4, 0.5) is 0 Å². The number of carbonyl (C=O) groups excluding carboxylic acids is 2. The van der Waals surface area contributed by atoms with Crippen molar-refractivity contribution in [2.24, 2.45) is 0 Å². The molecule has 0 spiro atoms. The van der Waals surface area contributed by atoms with Gasteiger partial charge in [0.15, 0.2) is 0 Å². The number of esters is 1. The lowest BCUT2D eigenvalue weighted by atomic mass is 10.2. The van der Waals surface area contributed by atoms with Gasteiger partial charge in [0.1, 0.15) is 18.0 Å². The number of para-hydroxylation sites is 2. The third-order valence-electron chi connectivity index (χ3n) is 4.35. The number of aromatic nitrogens is 2. The van der Waals surface area contributed by atoms with Gasteiger partial charge >= 0.3 is 5.97 Å². The van der Waals surface area contributed by atoms with Crippen molar-refractivity contribution in [1.29, 1.82) is 0 Å². The van der Waals surface area contributed by atoms with Crippen molar-refractivity contribution in [3.05, 3.63) is 69.8 Å². The number of amides is 1. The fourth-order valence-corrected chi connectivity index (χ4v) is 4.29. The third-order valence-corrected chi connectivity index (χ3v) is 6.02. The molecule has 2 aromatic heterocycles. The number of hydrogen-bond donors (Lipinski definition) is 1. The molecule has 1 N–H and O–H groups in total. The molecule has 0 bridgehead atoms. The highest BCUT2D eigenvalue weighted by Crippen LogP contribution is 2.34. The SMILES string of the molecule is Cc1nc2ccccc2nc1COC(=O)CNC(=O)c1sc2ccccc2c1Cl. The molecule has 6 nitrogen and oxygen atoms in total. The Balaban J connectivity index is 1.37. The van der Waals surface area contributed by atoms with Gasteiger partial charge in [0.2, 0.25) is 0 Å². The van der Waals surface area contributed by atoms with E-state index in [1.807, 2.05) is 55.5 Å². The third kappa shape index (κ3) is 4.06. The number of hydrogen-bond acceptors (Lipinski definition) is 6. The summed E-state index contributed by atoms with van der Waals surface area (Å²) in [5, 5.41) is 3.76. The van der Waals surface area contributed by atoms with Gasteiger partial charge in [-0.25, -0.2) is 9.97 Å².